The van der Waals surface area contributed by atoms with Crippen molar-refractivity contribution in [3.05, 3.63) is 103 Å². The molecule has 0 bridgehead atoms. The third-order valence-electron chi connectivity index (χ3n) is 5.46. The molecule has 5 aromatic heterocycles. The van der Waals surface area contributed by atoms with E-state index in [0.29, 0.717) is 17.0 Å². The zero-order valence-corrected chi connectivity index (χ0v) is 17.9. The normalized spacial score (nSPS) is 11.3. The van der Waals surface area contributed by atoms with Crippen LogP contribution >= 0.6 is 0 Å². The molecule has 0 saturated carbocycles. The van der Waals surface area contributed by atoms with Gasteiger partial charge in [0.1, 0.15) is 11.5 Å². The number of hydrogen-bond donors (Lipinski definition) is 1. The number of pyridine rings is 2. The van der Waals surface area contributed by atoms with Crippen molar-refractivity contribution >= 4 is 22.9 Å². The van der Waals surface area contributed by atoms with Gasteiger partial charge in [-0.1, -0.05) is 6.07 Å². The van der Waals surface area contributed by atoms with Crippen LogP contribution in [0, 0.1) is 11.8 Å². The van der Waals surface area contributed by atoms with E-state index in [-0.39, 0.29) is 17.2 Å². The first kappa shape index (κ1) is 20.6. The molecule has 10 heteroatoms. The second kappa shape index (κ2) is 8.10. The van der Waals surface area contributed by atoms with Crippen molar-refractivity contribution < 1.29 is 13.6 Å². The fourth-order valence-corrected chi connectivity index (χ4v) is 3.87. The predicted octanol–water partition coefficient (Wildman–Crippen LogP) is 4.64. The number of hydrogen-bond acceptors (Lipinski definition) is 5. The van der Waals surface area contributed by atoms with E-state index in [2.05, 4.69) is 15.3 Å². The van der Waals surface area contributed by atoms with Crippen LogP contribution in [0.3, 0.4) is 0 Å². The highest BCUT2D eigenvalue weighted by molar-refractivity contribution is 6.03. The zero-order chi connectivity index (χ0) is 23.9. The van der Waals surface area contributed by atoms with Gasteiger partial charge < -0.3 is 5.32 Å². The lowest BCUT2D eigenvalue weighted by Gasteiger charge is -2.04. The van der Waals surface area contributed by atoms with Gasteiger partial charge in [0, 0.05) is 29.6 Å². The summed E-state index contributed by atoms with van der Waals surface area (Å²) in [5, 5.41) is 12.0. The molecule has 0 fully saturated rings. The fraction of sp³-hybridized carbons (Fsp3) is 0. The molecule has 0 saturated heterocycles. The summed E-state index contributed by atoms with van der Waals surface area (Å²) in [6.07, 6.45) is 4.62. The number of aromatic nitrogens is 6. The highest BCUT2D eigenvalue weighted by Gasteiger charge is 2.19. The van der Waals surface area contributed by atoms with Crippen LogP contribution in [0.5, 0.6) is 0 Å². The number of anilines is 1. The maximum Gasteiger partial charge on any atom is 0.257 e. The predicted molar refractivity (Wildman–Crippen MR) is 125 cm³/mol. The van der Waals surface area contributed by atoms with Gasteiger partial charge in [0.05, 0.1) is 23.0 Å². The van der Waals surface area contributed by atoms with Crippen LogP contribution < -0.4 is 5.32 Å². The number of halogens is 2. The number of carbonyl (C=O) groups excluding carboxylic acids is 1. The lowest BCUT2D eigenvalue weighted by atomic mass is 10.0. The van der Waals surface area contributed by atoms with Crippen molar-refractivity contribution in [1.29, 1.82) is 0 Å². The molecule has 170 valence electrons. The second-order valence-electron chi connectivity index (χ2n) is 7.73. The molecule has 0 aliphatic heterocycles. The molecule has 35 heavy (non-hydrogen) atoms. The first-order valence-electron chi connectivity index (χ1n) is 10.6. The van der Waals surface area contributed by atoms with Crippen molar-refractivity contribution in [1.82, 2.24) is 29.2 Å². The Morgan fingerprint density at radius 1 is 0.914 bits per heavy atom. The van der Waals surface area contributed by atoms with E-state index >= 15 is 0 Å². The number of amides is 1. The van der Waals surface area contributed by atoms with E-state index in [1.54, 1.807) is 33.4 Å². The molecule has 1 N–H and O–H groups in total. The minimum atomic E-state index is -0.746. The number of nitrogens with zero attached hydrogens (tertiary/aromatic N) is 6. The van der Waals surface area contributed by atoms with Crippen molar-refractivity contribution in [2.75, 3.05) is 5.32 Å². The molecular formula is C25H15F2N7O. The van der Waals surface area contributed by atoms with Gasteiger partial charge in [0.15, 0.2) is 11.5 Å². The molecule has 0 aliphatic carbocycles. The van der Waals surface area contributed by atoms with Crippen LogP contribution in [0.2, 0.25) is 0 Å². The summed E-state index contributed by atoms with van der Waals surface area (Å²) in [5.74, 6) is -1.34. The van der Waals surface area contributed by atoms with Crippen LogP contribution in [0.25, 0.3) is 33.7 Å². The van der Waals surface area contributed by atoms with Gasteiger partial charge in [-0.25, -0.2) is 23.4 Å². The standard InChI is InChI=1S/C25H15F2N7O/c26-17-6-4-15(5-7-17)24-23(19-3-1-2-12-33(19)32-24)18-8-9-22-29-21(14-34(22)31-18)30-25(35)16-10-11-28-20(27)13-16/h1-14H,(H,30,35). The topological polar surface area (TPSA) is 89.5 Å². The minimum absolute atomic E-state index is 0.124. The van der Waals surface area contributed by atoms with Crippen molar-refractivity contribution in [3.8, 4) is 22.5 Å². The van der Waals surface area contributed by atoms with Gasteiger partial charge in [0.2, 0.25) is 5.95 Å². The number of nitrogens with one attached hydrogen (secondary N) is 1. The molecule has 5 heterocycles. The zero-order valence-electron chi connectivity index (χ0n) is 17.9. The number of carbonyl (C=O) groups is 1. The van der Waals surface area contributed by atoms with E-state index in [4.69, 9.17) is 10.2 Å². The summed E-state index contributed by atoms with van der Waals surface area (Å²) < 4.78 is 30.2. The highest BCUT2D eigenvalue weighted by Crippen LogP contribution is 2.34. The summed E-state index contributed by atoms with van der Waals surface area (Å²) in [6, 6.07) is 17.9. The van der Waals surface area contributed by atoms with E-state index in [9.17, 15) is 13.6 Å². The van der Waals surface area contributed by atoms with Crippen molar-refractivity contribution in [2.45, 2.75) is 0 Å². The monoisotopic (exact) mass is 467 g/mol. The molecule has 8 nitrogen and oxygen atoms in total. The SMILES string of the molecule is O=C(Nc1cn2nc(-c3c(-c4ccc(F)cc4)nn4ccccc34)ccc2n1)c1ccnc(F)c1. The van der Waals surface area contributed by atoms with Crippen LogP contribution in [-0.2, 0) is 0 Å². The van der Waals surface area contributed by atoms with Crippen molar-refractivity contribution in [2.24, 2.45) is 0 Å². The maximum atomic E-state index is 13.5. The first-order chi connectivity index (χ1) is 17.0. The molecular weight excluding hydrogens is 452 g/mol. The summed E-state index contributed by atoms with van der Waals surface area (Å²) in [4.78, 5) is 20.3. The van der Waals surface area contributed by atoms with Crippen LogP contribution in [-0.4, -0.2) is 35.1 Å². The Morgan fingerprint density at radius 2 is 1.77 bits per heavy atom. The number of benzene rings is 1. The van der Waals surface area contributed by atoms with Gasteiger partial charge in [-0.3, -0.25) is 4.79 Å². The Kier molecular flexibility index (Phi) is 4.77. The smallest absolute Gasteiger partial charge is 0.257 e. The summed E-state index contributed by atoms with van der Waals surface area (Å²) in [6.45, 7) is 0. The summed E-state index contributed by atoms with van der Waals surface area (Å²) in [5.41, 5.74) is 4.23. The largest absolute Gasteiger partial charge is 0.305 e. The number of fused-ring (bicyclic) bond motifs is 2. The highest BCUT2D eigenvalue weighted by atomic mass is 19.1. The molecule has 0 aliphatic rings. The molecule has 1 amide bonds. The van der Waals surface area contributed by atoms with Gasteiger partial charge >= 0.3 is 0 Å². The lowest BCUT2D eigenvalue weighted by Crippen LogP contribution is -2.12. The van der Waals surface area contributed by atoms with Gasteiger partial charge in [-0.05, 0) is 54.6 Å². The molecule has 6 aromatic rings. The van der Waals surface area contributed by atoms with E-state index in [1.165, 1.54) is 24.4 Å². The fourth-order valence-electron chi connectivity index (χ4n) is 3.87. The van der Waals surface area contributed by atoms with E-state index in [1.807, 2.05) is 30.5 Å². The Morgan fingerprint density at radius 3 is 2.60 bits per heavy atom. The van der Waals surface area contributed by atoms with Gasteiger partial charge in [-0.15, -0.1) is 0 Å². The Hall–Kier alpha value is -4.99. The lowest BCUT2D eigenvalue weighted by molar-refractivity contribution is 0.102. The molecule has 0 radical (unpaired) electrons. The van der Waals surface area contributed by atoms with E-state index < -0.39 is 11.9 Å². The number of rotatable bonds is 4. The van der Waals surface area contributed by atoms with E-state index in [0.717, 1.165) is 22.7 Å². The third kappa shape index (κ3) is 3.76. The van der Waals surface area contributed by atoms with Crippen LogP contribution in [0.1, 0.15) is 10.4 Å². The number of imidazole rings is 1. The minimum Gasteiger partial charge on any atom is -0.305 e. The average molecular weight is 467 g/mol. The molecule has 0 atom stereocenters. The molecule has 0 spiro atoms. The third-order valence-corrected chi connectivity index (χ3v) is 5.46. The molecule has 6 rings (SSSR count). The Bertz CT molecular complexity index is 1720. The summed E-state index contributed by atoms with van der Waals surface area (Å²) >= 11 is 0. The van der Waals surface area contributed by atoms with Crippen LogP contribution in [0.4, 0.5) is 14.6 Å². The first-order valence-corrected chi connectivity index (χ1v) is 10.6. The van der Waals surface area contributed by atoms with Crippen LogP contribution in [0.15, 0.2) is 85.3 Å². The van der Waals surface area contributed by atoms with Gasteiger partial charge in [-0.2, -0.15) is 14.6 Å². The summed E-state index contributed by atoms with van der Waals surface area (Å²) in [7, 11) is 0. The Labute approximate surface area is 196 Å². The average Bonchev–Trinajstić information content (AvgIpc) is 3.44. The van der Waals surface area contributed by atoms with Crippen molar-refractivity contribution in [3.63, 3.8) is 0 Å². The molecule has 1 aromatic carbocycles. The second-order valence-corrected chi connectivity index (χ2v) is 7.73. The maximum absolute atomic E-state index is 13.5. The quantitative estimate of drug-likeness (QED) is 0.382. The Balaban J connectivity index is 1.41. The molecule has 0 unspecified atom stereocenters. The van der Waals surface area contributed by atoms with Gasteiger partial charge in [0.25, 0.3) is 5.91 Å².